The Hall–Kier alpha value is -2.95. The van der Waals surface area contributed by atoms with E-state index >= 15 is 0 Å². The van der Waals surface area contributed by atoms with Crippen LogP contribution in [0.5, 0.6) is 0 Å². The van der Waals surface area contributed by atoms with Crippen LogP contribution in [-0.4, -0.2) is 35.3 Å². The van der Waals surface area contributed by atoms with Crippen LogP contribution in [0, 0.1) is 10.1 Å². The highest BCUT2D eigenvalue weighted by Crippen LogP contribution is 2.22. The minimum Gasteiger partial charge on any atom is -0.264 e. The van der Waals surface area contributed by atoms with Gasteiger partial charge in [0.25, 0.3) is 10.0 Å². The smallest absolute Gasteiger partial charge is 0.261 e. The number of sulfonamides is 1. The van der Waals surface area contributed by atoms with E-state index in [2.05, 4.69) is 9.82 Å². The monoisotopic (exact) mass is 444 g/mol. The molecule has 0 amide bonds. The normalized spacial score (nSPS) is 12.3. The topological polar surface area (TPSA) is 105 Å². The van der Waals surface area contributed by atoms with Gasteiger partial charge in [-0.25, -0.2) is 18.5 Å². The molecule has 10 heteroatoms. The molecule has 0 radical (unpaired) electrons. The number of thioether (sulfide) groups is 1. The second kappa shape index (κ2) is 10.2. The van der Waals surface area contributed by atoms with Crippen molar-refractivity contribution in [3.63, 3.8) is 0 Å². The number of nitrogens with zero attached hydrogens (tertiary/aromatic N) is 3. The summed E-state index contributed by atoms with van der Waals surface area (Å²) in [7, 11) is -4.12. The van der Waals surface area contributed by atoms with Gasteiger partial charge in [-0.05, 0) is 41.0 Å². The van der Waals surface area contributed by atoms with Gasteiger partial charge < -0.3 is 0 Å². The molecule has 0 bridgehead atoms. The van der Waals surface area contributed by atoms with Crippen LogP contribution in [0.25, 0.3) is 0 Å². The molecule has 2 aromatic carbocycles. The molecule has 30 heavy (non-hydrogen) atoms. The minimum absolute atomic E-state index is 0.0484. The van der Waals surface area contributed by atoms with Crippen LogP contribution in [0.1, 0.15) is 5.56 Å². The number of aromatic nitrogens is 1. The van der Waals surface area contributed by atoms with Crippen LogP contribution in [0.2, 0.25) is 0 Å². The predicted molar refractivity (Wildman–Crippen MR) is 114 cm³/mol. The second-order valence-corrected chi connectivity index (χ2v) is 9.09. The average Bonchev–Trinajstić information content (AvgIpc) is 2.77. The Morgan fingerprint density at radius 1 is 1.03 bits per heavy atom. The summed E-state index contributed by atoms with van der Waals surface area (Å²) in [6.07, 6.45) is 3.47. The number of hydrogen-bond donors (Lipinski definition) is 1. The van der Waals surface area contributed by atoms with Crippen LogP contribution < -0.4 is 4.83 Å². The van der Waals surface area contributed by atoms with Gasteiger partial charge in [0.2, 0.25) is 0 Å². The third-order valence-corrected chi connectivity index (χ3v) is 6.65. The number of nitro groups is 1. The van der Waals surface area contributed by atoms with Crippen molar-refractivity contribution >= 4 is 21.8 Å². The van der Waals surface area contributed by atoms with Gasteiger partial charge in [-0.2, -0.15) is 0 Å². The zero-order valence-corrected chi connectivity index (χ0v) is 17.5. The Labute approximate surface area is 179 Å². The molecule has 0 aliphatic carbocycles. The van der Waals surface area contributed by atoms with Gasteiger partial charge in [0.1, 0.15) is 6.04 Å². The average molecular weight is 445 g/mol. The zero-order valence-electron chi connectivity index (χ0n) is 15.9. The van der Waals surface area contributed by atoms with Crippen molar-refractivity contribution in [1.82, 2.24) is 14.9 Å². The molecule has 1 atom stereocenters. The number of pyridine rings is 1. The lowest BCUT2D eigenvalue weighted by atomic mass is 10.1. The molecule has 156 valence electrons. The van der Waals surface area contributed by atoms with Crippen molar-refractivity contribution < 1.29 is 13.5 Å². The second-order valence-electron chi connectivity index (χ2n) is 6.33. The first-order valence-electron chi connectivity index (χ1n) is 9.03. The maximum absolute atomic E-state index is 12.7. The lowest BCUT2D eigenvalue weighted by Crippen LogP contribution is -2.53. The molecule has 8 nitrogen and oxygen atoms in total. The van der Waals surface area contributed by atoms with E-state index in [1.165, 1.54) is 23.9 Å². The van der Waals surface area contributed by atoms with E-state index in [4.69, 9.17) is 0 Å². The summed E-state index contributed by atoms with van der Waals surface area (Å²) in [5, 5.41) is 11.7. The summed E-state index contributed by atoms with van der Waals surface area (Å²) in [6, 6.07) is 19.8. The summed E-state index contributed by atoms with van der Waals surface area (Å²) in [4.78, 5) is 18.9. The fraction of sp³-hybridized carbons (Fsp3) is 0.150. The van der Waals surface area contributed by atoms with Crippen LogP contribution in [0.3, 0.4) is 0 Å². The number of nitrogens with one attached hydrogen (secondary N) is 1. The molecule has 0 saturated heterocycles. The molecule has 0 fully saturated rings. The van der Waals surface area contributed by atoms with Crippen LogP contribution in [-0.2, 0) is 16.4 Å². The molecule has 1 aromatic heterocycles. The van der Waals surface area contributed by atoms with Gasteiger partial charge >= 0.3 is 0 Å². The summed E-state index contributed by atoms with van der Waals surface area (Å²) in [5.74, 6) is 0.289. The predicted octanol–water partition coefficient (Wildman–Crippen LogP) is 3.17. The quantitative estimate of drug-likeness (QED) is 0.291. The first kappa shape index (κ1) is 21.8. The van der Waals surface area contributed by atoms with Crippen molar-refractivity contribution in [3.8, 4) is 0 Å². The molecule has 1 N–H and O–H groups in total. The summed E-state index contributed by atoms with van der Waals surface area (Å²) < 4.78 is 25.4. The molecule has 0 spiro atoms. The Morgan fingerprint density at radius 2 is 1.70 bits per heavy atom. The Balaban J connectivity index is 1.86. The maximum atomic E-state index is 12.7. The van der Waals surface area contributed by atoms with Crippen molar-refractivity contribution in [1.29, 1.82) is 0 Å². The first-order valence-corrected chi connectivity index (χ1v) is 11.5. The third-order valence-electron chi connectivity index (χ3n) is 4.17. The lowest BCUT2D eigenvalue weighted by molar-refractivity contribution is -0.672. The molecule has 0 aliphatic heterocycles. The largest absolute Gasteiger partial charge is 0.264 e. The SMILES string of the molecule is O=[N+]([O-])N(NS(=O)(=O)c1ccccc1)[C@H](CSc1ccccc1)Cc1cccnc1. The number of hydrogen-bond acceptors (Lipinski definition) is 6. The van der Waals surface area contributed by atoms with Gasteiger partial charge in [-0.3, -0.25) is 4.98 Å². The Kier molecular flexibility index (Phi) is 7.39. The highest BCUT2D eigenvalue weighted by atomic mass is 32.2. The van der Waals surface area contributed by atoms with Crippen molar-refractivity contribution in [2.75, 3.05) is 5.75 Å². The van der Waals surface area contributed by atoms with Gasteiger partial charge in [0, 0.05) is 29.5 Å². The van der Waals surface area contributed by atoms with Gasteiger partial charge in [-0.15, -0.1) is 11.8 Å². The number of rotatable bonds is 10. The third kappa shape index (κ3) is 6.02. The van der Waals surface area contributed by atoms with Crippen LogP contribution in [0.15, 0.2) is 95.0 Å². The number of hydrazine groups is 2. The van der Waals surface area contributed by atoms with E-state index in [0.29, 0.717) is 5.12 Å². The molecule has 0 saturated carbocycles. The Bertz CT molecular complexity index is 1050. The fourth-order valence-electron chi connectivity index (χ4n) is 2.73. The molecule has 0 aliphatic rings. The van der Waals surface area contributed by atoms with E-state index in [1.54, 1.807) is 42.7 Å². The van der Waals surface area contributed by atoms with E-state index in [0.717, 1.165) is 10.5 Å². The number of benzene rings is 2. The van der Waals surface area contributed by atoms with Gasteiger partial charge in [-0.1, -0.05) is 47.3 Å². The van der Waals surface area contributed by atoms with Crippen molar-refractivity contribution in [2.45, 2.75) is 22.3 Å². The Morgan fingerprint density at radius 3 is 2.30 bits per heavy atom. The van der Waals surface area contributed by atoms with Gasteiger partial charge in [0.15, 0.2) is 5.03 Å². The maximum Gasteiger partial charge on any atom is 0.261 e. The highest BCUT2D eigenvalue weighted by molar-refractivity contribution is 7.99. The molecular weight excluding hydrogens is 424 g/mol. The standard InChI is InChI=1S/C20H20N4O4S2/c25-24(26)23(22-30(27,28)20-11-5-2-6-12-20)18(14-17-8-7-13-21-15-17)16-29-19-9-3-1-4-10-19/h1-13,15,18,22H,14,16H2/t18-/m0/s1. The van der Waals surface area contributed by atoms with Gasteiger partial charge in [0.05, 0.1) is 4.90 Å². The summed E-state index contributed by atoms with van der Waals surface area (Å²) in [6.45, 7) is 0. The van der Waals surface area contributed by atoms with E-state index < -0.39 is 21.1 Å². The summed E-state index contributed by atoms with van der Waals surface area (Å²) >= 11 is 1.41. The molecule has 3 aromatic rings. The van der Waals surface area contributed by atoms with Crippen molar-refractivity contribution in [2.24, 2.45) is 0 Å². The molecule has 3 rings (SSSR count). The van der Waals surface area contributed by atoms with E-state index in [-0.39, 0.29) is 17.1 Å². The molecular formula is C20H20N4O4S2. The molecule has 0 unspecified atom stereocenters. The van der Waals surface area contributed by atoms with E-state index in [1.807, 2.05) is 30.3 Å². The van der Waals surface area contributed by atoms with E-state index in [9.17, 15) is 18.5 Å². The van der Waals surface area contributed by atoms with Crippen molar-refractivity contribution in [3.05, 3.63) is 101 Å². The summed E-state index contributed by atoms with van der Waals surface area (Å²) in [5.41, 5.74) is 0.766. The van der Waals surface area contributed by atoms with Crippen LogP contribution >= 0.6 is 11.8 Å². The van der Waals surface area contributed by atoms with Crippen LogP contribution in [0.4, 0.5) is 0 Å². The lowest BCUT2D eigenvalue weighted by Gasteiger charge is -2.24. The first-order chi connectivity index (χ1) is 14.5. The minimum atomic E-state index is -4.12. The highest BCUT2D eigenvalue weighted by Gasteiger charge is 2.32. The fourth-order valence-corrected chi connectivity index (χ4v) is 4.81. The zero-order chi connectivity index (χ0) is 21.4. The molecule has 1 heterocycles.